The molecule has 3 rings (SSSR count). The van der Waals surface area contributed by atoms with Gasteiger partial charge in [-0.2, -0.15) is 0 Å². The van der Waals surface area contributed by atoms with Crippen LogP contribution in [0.3, 0.4) is 0 Å². The predicted molar refractivity (Wildman–Crippen MR) is 84.4 cm³/mol. The molecule has 1 heterocycles. The lowest BCUT2D eigenvalue weighted by molar-refractivity contribution is 0.0688. The number of aromatic carboxylic acids is 1. The summed E-state index contributed by atoms with van der Waals surface area (Å²) in [5.41, 5.74) is 0.301. The van der Waals surface area contributed by atoms with Gasteiger partial charge in [-0.25, -0.2) is 14.8 Å². The van der Waals surface area contributed by atoms with Crippen LogP contribution in [0.25, 0.3) is 0 Å². The minimum Gasteiger partial charge on any atom is -0.476 e. The number of nitrogens with one attached hydrogen (secondary N) is 1. The van der Waals surface area contributed by atoms with Crippen LogP contribution in [0.15, 0.2) is 42.7 Å². The van der Waals surface area contributed by atoms with E-state index in [4.69, 9.17) is 5.11 Å². The van der Waals surface area contributed by atoms with Crippen LogP contribution in [0.5, 0.6) is 0 Å². The van der Waals surface area contributed by atoms with Crippen molar-refractivity contribution in [2.75, 3.05) is 6.54 Å². The molecule has 1 aromatic heterocycles. The van der Waals surface area contributed by atoms with E-state index in [1.54, 1.807) is 0 Å². The smallest absolute Gasteiger partial charge is 0.356 e. The van der Waals surface area contributed by atoms with Crippen molar-refractivity contribution in [2.24, 2.45) is 5.41 Å². The number of amides is 1. The monoisotopic (exact) mass is 327 g/mol. The SMILES string of the molecule is O=C(O)c1cnc(C(=O)NCC2(C(O)c3ccccc3)CC2)cn1. The number of hydrogen-bond donors (Lipinski definition) is 3. The van der Waals surface area contributed by atoms with E-state index in [2.05, 4.69) is 15.3 Å². The number of rotatable bonds is 6. The molecule has 0 bridgehead atoms. The number of aromatic nitrogens is 2. The first-order valence-electron chi connectivity index (χ1n) is 7.58. The predicted octanol–water partition coefficient (Wildman–Crippen LogP) is 1.42. The molecule has 0 aliphatic heterocycles. The molecule has 0 saturated heterocycles. The summed E-state index contributed by atoms with van der Waals surface area (Å²) in [6.45, 7) is 0.324. The van der Waals surface area contributed by atoms with Crippen molar-refractivity contribution >= 4 is 11.9 Å². The molecule has 3 N–H and O–H groups in total. The van der Waals surface area contributed by atoms with Crippen LogP contribution >= 0.6 is 0 Å². The largest absolute Gasteiger partial charge is 0.476 e. The molecule has 24 heavy (non-hydrogen) atoms. The van der Waals surface area contributed by atoms with Gasteiger partial charge in [-0.15, -0.1) is 0 Å². The van der Waals surface area contributed by atoms with Crippen LogP contribution in [0.2, 0.25) is 0 Å². The molecule has 7 heteroatoms. The van der Waals surface area contributed by atoms with Gasteiger partial charge in [0.1, 0.15) is 5.69 Å². The molecule has 1 aliphatic carbocycles. The normalized spacial score (nSPS) is 16.2. The highest BCUT2D eigenvalue weighted by molar-refractivity contribution is 5.92. The third-order valence-electron chi connectivity index (χ3n) is 4.29. The number of hydrogen-bond acceptors (Lipinski definition) is 5. The van der Waals surface area contributed by atoms with Crippen LogP contribution in [-0.2, 0) is 0 Å². The number of nitrogens with zero attached hydrogens (tertiary/aromatic N) is 2. The summed E-state index contributed by atoms with van der Waals surface area (Å²) >= 11 is 0. The summed E-state index contributed by atoms with van der Waals surface area (Å²) in [4.78, 5) is 30.3. The zero-order chi connectivity index (χ0) is 17.2. The quantitative estimate of drug-likeness (QED) is 0.739. The average molecular weight is 327 g/mol. The first-order chi connectivity index (χ1) is 11.5. The Morgan fingerprint density at radius 3 is 2.29 bits per heavy atom. The van der Waals surface area contributed by atoms with Crippen molar-refractivity contribution in [3.63, 3.8) is 0 Å². The molecule has 1 aromatic carbocycles. The van der Waals surface area contributed by atoms with Crippen molar-refractivity contribution in [2.45, 2.75) is 18.9 Å². The Hall–Kier alpha value is -2.80. The second kappa shape index (κ2) is 6.37. The molecule has 2 aromatic rings. The molecular weight excluding hydrogens is 310 g/mol. The van der Waals surface area contributed by atoms with Crippen molar-refractivity contribution in [1.82, 2.24) is 15.3 Å². The minimum absolute atomic E-state index is 0.0463. The fourth-order valence-electron chi connectivity index (χ4n) is 2.60. The standard InChI is InChI=1S/C17H17N3O4/c21-14(11-4-2-1-3-5-11)17(6-7-17)10-20-15(22)12-8-19-13(9-18-12)16(23)24/h1-5,8-9,14,21H,6-7,10H2,(H,20,22)(H,23,24). The van der Waals surface area contributed by atoms with E-state index in [9.17, 15) is 14.7 Å². The Kier molecular flexibility index (Phi) is 4.26. The van der Waals surface area contributed by atoms with Crippen molar-refractivity contribution in [1.29, 1.82) is 0 Å². The molecule has 1 aliphatic rings. The van der Waals surface area contributed by atoms with E-state index >= 15 is 0 Å². The van der Waals surface area contributed by atoms with Gasteiger partial charge in [0.05, 0.1) is 18.5 Å². The zero-order valence-electron chi connectivity index (χ0n) is 12.8. The Balaban J connectivity index is 1.62. The molecule has 1 unspecified atom stereocenters. The van der Waals surface area contributed by atoms with Crippen molar-refractivity contribution in [3.8, 4) is 0 Å². The first-order valence-corrected chi connectivity index (χ1v) is 7.58. The van der Waals surface area contributed by atoms with Crippen LogP contribution in [-0.4, -0.2) is 38.6 Å². The molecule has 0 radical (unpaired) electrons. The molecule has 7 nitrogen and oxygen atoms in total. The average Bonchev–Trinajstić information content (AvgIpc) is 3.41. The third-order valence-corrected chi connectivity index (χ3v) is 4.29. The second-order valence-corrected chi connectivity index (χ2v) is 5.95. The summed E-state index contributed by atoms with van der Waals surface area (Å²) in [5, 5.41) is 22.1. The van der Waals surface area contributed by atoms with Gasteiger partial charge in [0.25, 0.3) is 5.91 Å². The first kappa shape index (κ1) is 16.1. The second-order valence-electron chi connectivity index (χ2n) is 5.95. The molecule has 124 valence electrons. The number of aliphatic hydroxyl groups is 1. The van der Waals surface area contributed by atoms with Gasteiger partial charge in [-0.05, 0) is 18.4 Å². The summed E-state index contributed by atoms with van der Waals surface area (Å²) in [5.74, 6) is -1.64. The van der Waals surface area contributed by atoms with Crippen molar-refractivity contribution in [3.05, 3.63) is 59.7 Å². The summed E-state index contributed by atoms with van der Waals surface area (Å²) in [6.07, 6.45) is 3.19. The fourth-order valence-corrected chi connectivity index (χ4v) is 2.60. The summed E-state index contributed by atoms with van der Waals surface area (Å²) in [7, 11) is 0. The maximum atomic E-state index is 12.1. The maximum Gasteiger partial charge on any atom is 0.356 e. The van der Waals surface area contributed by atoms with Gasteiger partial charge < -0.3 is 15.5 Å². The number of carbonyl (C=O) groups excluding carboxylic acids is 1. The molecule has 1 fully saturated rings. The third kappa shape index (κ3) is 3.26. The lowest BCUT2D eigenvalue weighted by atomic mass is 9.92. The molecular formula is C17H17N3O4. The zero-order valence-corrected chi connectivity index (χ0v) is 12.8. The topological polar surface area (TPSA) is 112 Å². The fraction of sp³-hybridized carbons (Fsp3) is 0.294. The number of aliphatic hydroxyl groups excluding tert-OH is 1. The van der Waals surface area contributed by atoms with E-state index < -0.39 is 18.0 Å². The van der Waals surface area contributed by atoms with Gasteiger partial charge in [-0.3, -0.25) is 4.79 Å². The summed E-state index contributed by atoms with van der Waals surface area (Å²) in [6, 6.07) is 9.35. The molecule has 1 amide bonds. The highest BCUT2D eigenvalue weighted by atomic mass is 16.4. The lowest BCUT2D eigenvalue weighted by Gasteiger charge is -2.23. The van der Waals surface area contributed by atoms with Gasteiger partial charge >= 0.3 is 5.97 Å². The Labute approximate surface area is 138 Å². The Bertz CT molecular complexity index is 742. The number of carboxylic acid groups (broad SMARTS) is 1. The van der Waals surface area contributed by atoms with Crippen LogP contribution in [0.1, 0.15) is 45.5 Å². The highest BCUT2D eigenvalue weighted by Crippen LogP contribution is 2.54. The van der Waals surface area contributed by atoms with Gasteiger partial charge in [0, 0.05) is 12.0 Å². The molecule has 1 atom stereocenters. The number of benzene rings is 1. The van der Waals surface area contributed by atoms with E-state index in [0.29, 0.717) is 6.54 Å². The van der Waals surface area contributed by atoms with E-state index in [1.165, 1.54) is 0 Å². The van der Waals surface area contributed by atoms with E-state index in [-0.39, 0.29) is 16.8 Å². The van der Waals surface area contributed by atoms with Gasteiger partial charge in [0.15, 0.2) is 5.69 Å². The molecule has 1 saturated carbocycles. The Morgan fingerprint density at radius 1 is 1.12 bits per heavy atom. The lowest BCUT2D eigenvalue weighted by Crippen LogP contribution is -2.33. The number of carboxylic acids is 1. The maximum absolute atomic E-state index is 12.1. The number of carbonyl (C=O) groups is 2. The van der Waals surface area contributed by atoms with Crippen LogP contribution < -0.4 is 5.32 Å². The van der Waals surface area contributed by atoms with Crippen molar-refractivity contribution < 1.29 is 19.8 Å². The van der Waals surface area contributed by atoms with Gasteiger partial charge in [-0.1, -0.05) is 30.3 Å². The van der Waals surface area contributed by atoms with Crippen LogP contribution in [0.4, 0.5) is 0 Å². The van der Waals surface area contributed by atoms with Crippen LogP contribution in [0, 0.1) is 5.41 Å². The minimum atomic E-state index is -1.20. The Morgan fingerprint density at radius 2 is 1.75 bits per heavy atom. The van der Waals surface area contributed by atoms with Gasteiger partial charge in [0.2, 0.25) is 0 Å². The molecule has 0 spiro atoms. The van der Waals surface area contributed by atoms with E-state index in [0.717, 1.165) is 30.8 Å². The van der Waals surface area contributed by atoms with E-state index in [1.807, 2.05) is 30.3 Å². The summed E-state index contributed by atoms with van der Waals surface area (Å²) < 4.78 is 0. The highest BCUT2D eigenvalue weighted by Gasteiger charge is 2.49.